The van der Waals surface area contributed by atoms with Gasteiger partial charge in [-0.3, -0.25) is 9.69 Å². The Bertz CT molecular complexity index is 204. The average molecular weight is 215 g/mol. The summed E-state index contributed by atoms with van der Waals surface area (Å²) in [6, 6.07) is 0.302. The Morgan fingerprint density at radius 2 is 2.20 bits per heavy atom. The van der Waals surface area contributed by atoms with Gasteiger partial charge in [-0.05, 0) is 26.2 Å². The van der Waals surface area contributed by atoms with Crippen molar-refractivity contribution in [2.45, 2.75) is 45.2 Å². The van der Waals surface area contributed by atoms with Crippen LogP contribution >= 0.6 is 0 Å². The first-order valence-corrected chi connectivity index (χ1v) is 5.77. The highest BCUT2D eigenvalue weighted by atomic mass is 16.5. The number of nitrogens with zero attached hydrogens (tertiary/aromatic N) is 1. The Kier molecular flexibility index (Phi) is 5.05. The normalized spacial score (nSPS) is 17.9. The molecule has 1 rings (SSSR count). The lowest BCUT2D eigenvalue weighted by Crippen LogP contribution is -2.44. The third kappa shape index (κ3) is 3.47. The molecule has 0 bridgehead atoms. The highest BCUT2D eigenvalue weighted by Gasteiger charge is 2.36. The maximum absolute atomic E-state index is 11.7. The van der Waals surface area contributed by atoms with Crippen LogP contribution in [0.3, 0.4) is 0 Å². The molecule has 1 unspecified atom stereocenters. The van der Waals surface area contributed by atoms with Crippen molar-refractivity contribution in [3.63, 3.8) is 0 Å². The van der Waals surface area contributed by atoms with Gasteiger partial charge in [0.1, 0.15) is 6.04 Å². The molecule has 1 aliphatic carbocycles. The molecule has 0 aliphatic heterocycles. The van der Waals surface area contributed by atoms with Gasteiger partial charge in [0.25, 0.3) is 0 Å². The molecule has 0 spiro atoms. The van der Waals surface area contributed by atoms with Crippen molar-refractivity contribution < 1.29 is 14.6 Å². The smallest absolute Gasteiger partial charge is 0.323 e. The van der Waals surface area contributed by atoms with Gasteiger partial charge >= 0.3 is 5.97 Å². The fourth-order valence-electron chi connectivity index (χ4n) is 1.89. The van der Waals surface area contributed by atoms with Crippen LogP contribution < -0.4 is 0 Å². The monoisotopic (exact) mass is 215 g/mol. The van der Waals surface area contributed by atoms with E-state index in [4.69, 9.17) is 9.84 Å². The van der Waals surface area contributed by atoms with E-state index in [9.17, 15) is 4.79 Å². The molecule has 0 aromatic carbocycles. The van der Waals surface area contributed by atoms with Crippen LogP contribution in [0.1, 0.15) is 33.1 Å². The lowest BCUT2D eigenvalue weighted by atomic mass is 10.2. The van der Waals surface area contributed by atoms with Gasteiger partial charge in [-0.2, -0.15) is 0 Å². The zero-order valence-corrected chi connectivity index (χ0v) is 9.61. The molecular weight excluding hydrogens is 194 g/mol. The first kappa shape index (κ1) is 12.5. The molecule has 15 heavy (non-hydrogen) atoms. The number of hydrogen-bond donors (Lipinski definition) is 1. The van der Waals surface area contributed by atoms with Crippen molar-refractivity contribution in [2.75, 3.05) is 19.8 Å². The van der Waals surface area contributed by atoms with E-state index in [1.54, 1.807) is 0 Å². The molecule has 1 N–H and O–H groups in total. The molecule has 0 aromatic heterocycles. The zero-order valence-electron chi connectivity index (χ0n) is 9.61. The summed E-state index contributed by atoms with van der Waals surface area (Å²) < 4.78 is 5.04. The van der Waals surface area contributed by atoms with E-state index in [1.807, 2.05) is 13.8 Å². The van der Waals surface area contributed by atoms with Crippen LogP contribution in [0.15, 0.2) is 0 Å². The summed E-state index contributed by atoms with van der Waals surface area (Å²) in [5.74, 6) is -0.152. The van der Waals surface area contributed by atoms with Crippen molar-refractivity contribution in [3.05, 3.63) is 0 Å². The van der Waals surface area contributed by atoms with E-state index in [1.165, 1.54) is 0 Å². The van der Waals surface area contributed by atoms with E-state index in [-0.39, 0.29) is 18.6 Å². The lowest BCUT2D eigenvalue weighted by Gasteiger charge is -2.28. The number of carbonyl (C=O) groups is 1. The summed E-state index contributed by atoms with van der Waals surface area (Å²) in [7, 11) is 0. The average Bonchev–Trinajstić information content (AvgIpc) is 3.01. The van der Waals surface area contributed by atoms with Crippen molar-refractivity contribution >= 4 is 5.97 Å². The lowest BCUT2D eigenvalue weighted by molar-refractivity contribution is -0.150. The van der Waals surface area contributed by atoms with E-state index in [0.717, 1.165) is 19.3 Å². The summed E-state index contributed by atoms with van der Waals surface area (Å²) in [5.41, 5.74) is 0. The summed E-state index contributed by atoms with van der Waals surface area (Å²) >= 11 is 0. The number of aliphatic hydroxyl groups is 1. The van der Waals surface area contributed by atoms with Crippen LogP contribution in [-0.2, 0) is 9.53 Å². The summed E-state index contributed by atoms with van der Waals surface area (Å²) in [4.78, 5) is 13.8. The number of carbonyl (C=O) groups excluding carboxylic acids is 1. The van der Waals surface area contributed by atoms with Crippen LogP contribution in [0.4, 0.5) is 0 Å². The number of hydrogen-bond acceptors (Lipinski definition) is 4. The highest BCUT2D eigenvalue weighted by Crippen LogP contribution is 2.29. The number of aliphatic hydroxyl groups excluding tert-OH is 1. The second-order valence-electron chi connectivity index (χ2n) is 3.87. The number of ether oxygens (including phenoxy) is 1. The standard InChI is InChI=1S/C11H21NO3/c1-3-10(11(14)15-4-2)12(7-8-13)9-5-6-9/h9-10,13H,3-8H2,1-2H3. The van der Waals surface area contributed by atoms with E-state index in [0.29, 0.717) is 19.2 Å². The predicted octanol–water partition coefficient (Wildman–Crippen LogP) is 0.785. The van der Waals surface area contributed by atoms with Crippen LogP contribution in [0.2, 0.25) is 0 Å². The van der Waals surface area contributed by atoms with Gasteiger partial charge in [0, 0.05) is 12.6 Å². The van der Waals surface area contributed by atoms with Gasteiger partial charge in [0.2, 0.25) is 0 Å². The first-order chi connectivity index (χ1) is 7.24. The molecule has 0 aromatic rings. The molecule has 0 radical (unpaired) electrons. The first-order valence-electron chi connectivity index (χ1n) is 5.77. The van der Waals surface area contributed by atoms with E-state index >= 15 is 0 Å². The summed E-state index contributed by atoms with van der Waals surface area (Å²) in [6.45, 7) is 4.90. The minimum atomic E-state index is -0.176. The molecule has 1 aliphatic rings. The zero-order chi connectivity index (χ0) is 11.3. The van der Waals surface area contributed by atoms with Gasteiger partial charge in [0.05, 0.1) is 13.2 Å². The Morgan fingerprint density at radius 1 is 1.53 bits per heavy atom. The summed E-state index contributed by atoms with van der Waals surface area (Å²) in [5, 5.41) is 8.98. The Labute approximate surface area is 91.2 Å². The minimum absolute atomic E-state index is 0.104. The maximum atomic E-state index is 11.7. The second-order valence-corrected chi connectivity index (χ2v) is 3.87. The SMILES string of the molecule is CCOC(=O)C(CC)N(CCO)C1CC1. The molecule has 0 heterocycles. The number of esters is 1. The molecule has 1 fully saturated rings. The van der Waals surface area contributed by atoms with Gasteiger partial charge in [-0.1, -0.05) is 6.92 Å². The van der Waals surface area contributed by atoms with Crippen molar-refractivity contribution in [1.29, 1.82) is 0 Å². The predicted molar refractivity (Wildman–Crippen MR) is 57.5 cm³/mol. The number of rotatable bonds is 7. The molecule has 1 saturated carbocycles. The Morgan fingerprint density at radius 3 is 2.60 bits per heavy atom. The molecule has 4 nitrogen and oxygen atoms in total. The van der Waals surface area contributed by atoms with Gasteiger partial charge in [0.15, 0.2) is 0 Å². The van der Waals surface area contributed by atoms with Crippen LogP contribution in [0, 0.1) is 0 Å². The largest absolute Gasteiger partial charge is 0.465 e. The fourth-order valence-corrected chi connectivity index (χ4v) is 1.89. The van der Waals surface area contributed by atoms with Crippen LogP contribution in [0.25, 0.3) is 0 Å². The fraction of sp³-hybridized carbons (Fsp3) is 0.909. The van der Waals surface area contributed by atoms with Crippen LogP contribution in [-0.4, -0.2) is 47.8 Å². The second kappa shape index (κ2) is 6.08. The Hall–Kier alpha value is -0.610. The van der Waals surface area contributed by atoms with Crippen molar-refractivity contribution in [3.8, 4) is 0 Å². The quantitative estimate of drug-likeness (QED) is 0.638. The molecule has 0 amide bonds. The van der Waals surface area contributed by atoms with Crippen molar-refractivity contribution in [1.82, 2.24) is 4.90 Å². The molecule has 4 heteroatoms. The molecule has 0 saturated heterocycles. The topological polar surface area (TPSA) is 49.8 Å². The summed E-state index contributed by atoms with van der Waals surface area (Å²) in [6.07, 6.45) is 3.02. The van der Waals surface area contributed by atoms with E-state index < -0.39 is 0 Å². The van der Waals surface area contributed by atoms with Gasteiger partial charge in [-0.15, -0.1) is 0 Å². The van der Waals surface area contributed by atoms with Gasteiger partial charge < -0.3 is 9.84 Å². The Balaban J connectivity index is 2.55. The van der Waals surface area contributed by atoms with E-state index in [2.05, 4.69) is 4.90 Å². The highest BCUT2D eigenvalue weighted by molar-refractivity contribution is 5.75. The third-order valence-electron chi connectivity index (χ3n) is 2.72. The molecule has 1 atom stereocenters. The maximum Gasteiger partial charge on any atom is 0.323 e. The van der Waals surface area contributed by atoms with Gasteiger partial charge in [-0.25, -0.2) is 0 Å². The van der Waals surface area contributed by atoms with Crippen LogP contribution in [0.5, 0.6) is 0 Å². The molecule has 88 valence electrons. The third-order valence-corrected chi connectivity index (χ3v) is 2.72. The minimum Gasteiger partial charge on any atom is -0.465 e. The van der Waals surface area contributed by atoms with Crippen molar-refractivity contribution in [2.24, 2.45) is 0 Å². The molecular formula is C11H21NO3.